The van der Waals surface area contributed by atoms with Gasteiger partial charge in [-0.2, -0.15) is 0 Å². The zero-order valence-corrected chi connectivity index (χ0v) is 15.6. The predicted molar refractivity (Wildman–Crippen MR) is 102 cm³/mol. The SMILES string of the molecule is Cc1nc2c(n1C1CC3NC4CCC43C1)CN(Cc1ccccc1)CC2. The summed E-state index contributed by atoms with van der Waals surface area (Å²) in [4.78, 5) is 7.58. The molecule has 1 saturated heterocycles. The third-order valence-electron chi connectivity index (χ3n) is 7.73. The summed E-state index contributed by atoms with van der Waals surface area (Å²) >= 11 is 0. The Kier molecular flexibility index (Phi) is 3.22. The quantitative estimate of drug-likeness (QED) is 0.925. The van der Waals surface area contributed by atoms with Crippen LogP contribution in [-0.2, 0) is 19.5 Å². The number of piperidine rings is 1. The fourth-order valence-corrected chi connectivity index (χ4v) is 6.35. The lowest BCUT2D eigenvalue weighted by atomic mass is 9.55. The minimum Gasteiger partial charge on any atom is -0.328 e. The van der Waals surface area contributed by atoms with E-state index < -0.39 is 0 Å². The monoisotopic (exact) mass is 348 g/mol. The lowest BCUT2D eigenvalue weighted by molar-refractivity contribution is -0.0573. The number of aromatic nitrogens is 2. The van der Waals surface area contributed by atoms with Crippen molar-refractivity contribution >= 4 is 0 Å². The minimum atomic E-state index is 0.645. The van der Waals surface area contributed by atoms with E-state index in [0.29, 0.717) is 11.5 Å². The molecule has 4 heteroatoms. The Morgan fingerprint density at radius 1 is 1.23 bits per heavy atom. The van der Waals surface area contributed by atoms with Crippen molar-refractivity contribution in [3.8, 4) is 0 Å². The molecule has 4 aliphatic rings. The Morgan fingerprint density at radius 2 is 2.12 bits per heavy atom. The molecule has 4 atom stereocenters. The Morgan fingerprint density at radius 3 is 2.85 bits per heavy atom. The van der Waals surface area contributed by atoms with Crippen LogP contribution in [0.1, 0.15) is 54.5 Å². The van der Waals surface area contributed by atoms with E-state index in [-0.39, 0.29) is 0 Å². The molecule has 2 aliphatic heterocycles. The fraction of sp³-hybridized carbons (Fsp3) is 0.591. The summed E-state index contributed by atoms with van der Waals surface area (Å²) in [5.74, 6) is 1.25. The van der Waals surface area contributed by atoms with Crippen LogP contribution >= 0.6 is 0 Å². The highest BCUT2D eigenvalue weighted by Gasteiger charge is 2.64. The van der Waals surface area contributed by atoms with Crippen LogP contribution in [0.15, 0.2) is 30.3 Å². The molecule has 0 radical (unpaired) electrons. The third-order valence-corrected chi connectivity index (χ3v) is 7.73. The molecule has 1 N–H and O–H groups in total. The van der Waals surface area contributed by atoms with Gasteiger partial charge in [-0.1, -0.05) is 30.3 Å². The first-order chi connectivity index (χ1) is 12.7. The highest BCUT2D eigenvalue weighted by atomic mass is 15.2. The van der Waals surface area contributed by atoms with Gasteiger partial charge in [-0.25, -0.2) is 4.98 Å². The molecule has 3 fully saturated rings. The Bertz CT molecular complexity index is 841. The molecule has 6 rings (SSSR count). The Balaban J connectivity index is 1.26. The summed E-state index contributed by atoms with van der Waals surface area (Å²) in [6.07, 6.45) is 6.62. The van der Waals surface area contributed by atoms with Crippen LogP contribution in [0.3, 0.4) is 0 Å². The maximum Gasteiger partial charge on any atom is 0.106 e. The summed E-state index contributed by atoms with van der Waals surface area (Å²) in [6, 6.07) is 13.1. The topological polar surface area (TPSA) is 33.1 Å². The van der Waals surface area contributed by atoms with E-state index in [1.807, 2.05) is 0 Å². The lowest BCUT2D eigenvalue weighted by Crippen LogP contribution is -2.73. The van der Waals surface area contributed by atoms with E-state index in [9.17, 15) is 0 Å². The van der Waals surface area contributed by atoms with E-state index in [1.165, 1.54) is 48.5 Å². The average molecular weight is 348 g/mol. The maximum atomic E-state index is 4.98. The number of hydrogen-bond donors (Lipinski definition) is 1. The zero-order chi connectivity index (χ0) is 17.3. The normalized spacial score (nSPS) is 35.2. The van der Waals surface area contributed by atoms with Gasteiger partial charge in [-0.05, 0) is 38.2 Å². The van der Waals surface area contributed by atoms with Crippen LogP contribution in [0, 0.1) is 12.3 Å². The van der Waals surface area contributed by atoms with Gasteiger partial charge >= 0.3 is 0 Å². The zero-order valence-electron chi connectivity index (χ0n) is 15.6. The number of nitrogens with zero attached hydrogens (tertiary/aromatic N) is 3. The lowest BCUT2D eigenvalue weighted by Gasteiger charge is -2.62. The summed E-state index contributed by atoms with van der Waals surface area (Å²) in [5, 5.41) is 3.82. The number of hydrogen-bond acceptors (Lipinski definition) is 3. The number of nitrogens with one attached hydrogen (secondary N) is 1. The van der Waals surface area contributed by atoms with Crippen molar-refractivity contribution in [1.82, 2.24) is 19.8 Å². The van der Waals surface area contributed by atoms with Crippen molar-refractivity contribution in [3.63, 3.8) is 0 Å². The van der Waals surface area contributed by atoms with Gasteiger partial charge in [-0.15, -0.1) is 0 Å². The third kappa shape index (κ3) is 2.06. The molecule has 4 nitrogen and oxygen atoms in total. The predicted octanol–water partition coefficient (Wildman–Crippen LogP) is 3.21. The first-order valence-electron chi connectivity index (χ1n) is 10.3. The van der Waals surface area contributed by atoms with E-state index >= 15 is 0 Å². The van der Waals surface area contributed by atoms with Crippen molar-refractivity contribution < 1.29 is 0 Å². The number of fused-ring (bicyclic) bond motifs is 1. The van der Waals surface area contributed by atoms with Gasteiger partial charge in [0.2, 0.25) is 0 Å². The molecular weight excluding hydrogens is 320 g/mol. The smallest absolute Gasteiger partial charge is 0.106 e. The highest BCUT2D eigenvalue weighted by molar-refractivity contribution is 5.26. The molecule has 2 aliphatic carbocycles. The standard InChI is InChI=1S/C22H28N4/c1-15-23-18-8-10-25(13-16-5-3-2-4-6-16)14-19(18)26(15)17-11-21-22(12-17)9-7-20(22)24-21/h2-6,17,20-21,24H,7-14H2,1H3. The second-order valence-corrected chi connectivity index (χ2v) is 9.01. The van der Waals surface area contributed by atoms with Gasteiger partial charge < -0.3 is 9.88 Å². The second-order valence-electron chi connectivity index (χ2n) is 9.01. The molecule has 2 aromatic rings. The molecule has 1 spiro atoms. The van der Waals surface area contributed by atoms with E-state index in [1.54, 1.807) is 0 Å². The highest BCUT2D eigenvalue weighted by Crippen LogP contribution is 2.62. The van der Waals surface area contributed by atoms with Crippen LogP contribution in [0.25, 0.3) is 0 Å². The van der Waals surface area contributed by atoms with E-state index in [4.69, 9.17) is 4.98 Å². The maximum absolute atomic E-state index is 4.98. The molecule has 1 aromatic heterocycles. The number of imidazole rings is 1. The van der Waals surface area contributed by atoms with Gasteiger partial charge in [0.1, 0.15) is 5.82 Å². The molecule has 3 heterocycles. The minimum absolute atomic E-state index is 0.645. The number of benzene rings is 1. The molecular formula is C22H28N4. The first kappa shape index (κ1) is 15.4. The van der Waals surface area contributed by atoms with Crippen molar-refractivity contribution in [3.05, 3.63) is 53.1 Å². The molecule has 0 bridgehead atoms. The molecule has 136 valence electrons. The summed E-state index contributed by atoms with van der Waals surface area (Å²) in [7, 11) is 0. The number of aryl methyl sites for hydroxylation is 1. The fourth-order valence-electron chi connectivity index (χ4n) is 6.35. The van der Waals surface area contributed by atoms with Crippen molar-refractivity contribution in [2.24, 2.45) is 5.41 Å². The van der Waals surface area contributed by atoms with E-state index in [2.05, 4.69) is 52.0 Å². The van der Waals surface area contributed by atoms with Gasteiger partial charge in [-0.3, -0.25) is 4.90 Å². The summed E-state index contributed by atoms with van der Waals surface area (Å²) in [6.45, 7) is 5.45. The van der Waals surface area contributed by atoms with Gasteiger partial charge in [0.25, 0.3) is 0 Å². The van der Waals surface area contributed by atoms with Gasteiger partial charge in [0.15, 0.2) is 0 Å². The molecule has 2 saturated carbocycles. The largest absolute Gasteiger partial charge is 0.328 e. The van der Waals surface area contributed by atoms with Crippen LogP contribution in [0.4, 0.5) is 0 Å². The average Bonchev–Trinajstić information content (AvgIpc) is 3.16. The van der Waals surface area contributed by atoms with E-state index in [0.717, 1.165) is 38.1 Å². The van der Waals surface area contributed by atoms with Crippen LogP contribution in [0.5, 0.6) is 0 Å². The van der Waals surface area contributed by atoms with Crippen molar-refractivity contribution in [1.29, 1.82) is 0 Å². The molecule has 1 aromatic carbocycles. The van der Waals surface area contributed by atoms with Crippen molar-refractivity contribution in [2.45, 2.75) is 70.2 Å². The Hall–Kier alpha value is -1.65. The van der Waals surface area contributed by atoms with Gasteiger partial charge in [0.05, 0.1) is 11.4 Å². The summed E-state index contributed by atoms with van der Waals surface area (Å²) in [5.41, 5.74) is 4.93. The number of rotatable bonds is 3. The van der Waals surface area contributed by atoms with Crippen LogP contribution in [0.2, 0.25) is 0 Å². The Labute approximate surface area is 155 Å². The summed E-state index contributed by atoms with van der Waals surface area (Å²) < 4.78 is 2.64. The van der Waals surface area contributed by atoms with Crippen LogP contribution in [-0.4, -0.2) is 33.1 Å². The first-order valence-corrected chi connectivity index (χ1v) is 10.3. The molecule has 26 heavy (non-hydrogen) atoms. The second kappa shape index (κ2) is 5.43. The van der Waals surface area contributed by atoms with Crippen LogP contribution < -0.4 is 5.32 Å². The molecule has 4 unspecified atom stereocenters. The van der Waals surface area contributed by atoms with Crippen molar-refractivity contribution in [2.75, 3.05) is 6.54 Å². The molecule has 0 amide bonds. The van der Waals surface area contributed by atoms with Gasteiger partial charge in [0, 0.05) is 49.6 Å².